The number of carbonyl (C=O) groups is 1. The summed E-state index contributed by atoms with van der Waals surface area (Å²) in [5.74, 6) is -0.262. The summed E-state index contributed by atoms with van der Waals surface area (Å²) in [6, 6.07) is 0. The molecule has 3 nitrogen and oxygen atoms in total. The maximum absolute atomic E-state index is 11.1. The average molecular weight is 278 g/mol. The maximum atomic E-state index is 11.1. The van der Waals surface area contributed by atoms with Crippen LogP contribution < -0.4 is 0 Å². The predicted octanol–water partition coefficient (Wildman–Crippen LogP) is 3.96. The van der Waals surface area contributed by atoms with Crippen LogP contribution in [0.3, 0.4) is 0 Å². The van der Waals surface area contributed by atoms with Crippen molar-refractivity contribution in [3.8, 4) is 0 Å². The summed E-state index contributed by atoms with van der Waals surface area (Å²) in [7, 11) is 0. The number of rotatable bonds is 8. The molecule has 1 saturated heterocycles. The first-order chi connectivity index (χ1) is 9.45. The minimum atomic E-state index is -0.562. The van der Waals surface area contributed by atoms with Crippen LogP contribution in [0.5, 0.6) is 0 Å². The molecule has 1 rings (SSSR count). The standard InChI is InChI=1S/C17H26O3/c1-5-17(4,20-15(3)18)11-7-9-14(2)8-6-10-16-12-19-13-16/h5,9-10H,1,6-8,11-13H2,2-4H3. The van der Waals surface area contributed by atoms with Gasteiger partial charge in [0.25, 0.3) is 0 Å². The molecule has 0 radical (unpaired) electrons. The van der Waals surface area contributed by atoms with Crippen LogP contribution in [0.2, 0.25) is 0 Å². The van der Waals surface area contributed by atoms with Gasteiger partial charge in [-0.15, -0.1) is 0 Å². The monoisotopic (exact) mass is 278 g/mol. The van der Waals surface area contributed by atoms with Gasteiger partial charge in [-0.1, -0.05) is 24.3 Å². The largest absolute Gasteiger partial charge is 0.455 e. The number of hydrogen-bond donors (Lipinski definition) is 0. The Bertz CT molecular complexity index is 400. The Balaban J connectivity index is 2.30. The molecule has 1 atom stereocenters. The Kier molecular flexibility index (Phi) is 6.73. The summed E-state index contributed by atoms with van der Waals surface area (Å²) in [4.78, 5) is 11.1. The van der Waals surface area contributed by atoms with Gasteiger partial charge in [0.2, 0.25) is 0 Å². The van der Waals surface area contributed by atoms with Gasteiger partial charge in [0.15, 0.2) is 0 Å². The molecular weight excluding hydrogens is 252 g/mol. The van der Waals surface area contributed by atoms with Crippen LogP contribution in [0.15, 0.2) is 36.0 Å². The van der Waals surface area contributed by atoms with E-state index in [2.05, 4.69) is 25.7 Å². The summed E-state index contributed by atoms with van der Waals surface area (Å²) >= 11 is 0. The zero-order valence-corrected chi connectivity index (χ0v) is 12.9. The van der Waals surface area contributed by atoms with Gasteiger partial charge in [-0.25, -0.2) is 0 Å². The zero-order chi connectivity index (χ0) is 15.0. The van der Waals surface area contributed by atoms with E-state index in [4.69, 9.17) is 9.47 Å². The van der Waals surface area contributed by atoms with E-state index in [0.29, 0.717) is 0 Å². The molecule has 0 amide bonds. The van der Waals surface area contributed by atoms with Gasteiger partial charge in [-0.05, 0) is 51.2 Å². The lowest BCUT2D eigenvalue weighted by molar-refractivity contribution is -0.151. The number of carbonyl (C=O) groups excluding carboxylic acids is 1. The summed E-state index contributed by atoms with van der Waals surface area (Å²) < 4.78 is 10.4. The molecule has 1 heterocycles. The van der Waals surface area contributed by atoms with Gasteiger partial charge in [-0.3, -0.25) is 4.79 Å². The minimum absolute atomic E-state index is 0.262. The fourth-order valence-electron chi connectivity index (χ4n) is 2.07. The van der Waals surface area contributed by atoms with Crippen molar-refractivity contribution in [3.63, 3.8) is 0 Å². The van der Waals surface area contributed by atoms with Crippen molar-refractivity contribution in [2.45, 2.75) is 52.1 Å². The molecule has 0 saturated carbocycles. The Labute approximate surface area is 122 Å². The molecule has 112 valence electrons. The van der Waals surface area contributed by atoms with Crippen molar-refractivity contribution in [2.24, 2.45) is 0 Å². The highest BCUT2D eigenvalue weighted by atomic mass is 16.6. The van der Waals surface area contributed by atoms with Crippen molar-refractivity contribution < 1.29 is 14.3 Å². The van der Waals surface area contributed by atoms with E-state index in [9.17, 15) is 4.79 Å². The van der Waals surface area contributed by atoms with E-state index < -0.39 is 5.60 Å². The Hall–Kier alpha value is -1.35. The van der Waals surface area contributed by atoms with Crippen LogP contribution in [0.1, 0.15) is 46.5 Å². The van der Waals surface area contributed by atoms with Gasteiger partial charge >= 0.3 is 5.97 Å². The maximum Gasteiger partial charge on any atom is 0.303 e. The highest BCUT2D eigenvalue weighted by Crippen LogP contribution is 2.21. The molecule has 1 aliphatic rings. The molecule has 3 heteroatoms. The second-order valence-corrected chi connectivity index (χ2v) is 5.59. The van der Waals surface area contributed by atoms with Gasteiger partial charge < -0.3 is 9.47 Å². The van der Waals surface area contributed by atoms with Gasteiger partial charge in [0.05, 0.1) is 13.2 Å². The molecule has 20 heavy (non-hydrogen) atoms. The molecular formula is C17H26O3. The van der Waals surface area contributed by atoms with Crippen LogP contribution in [-0.2, 0) is 14.3 Å². The zero-order valence-electron chi connectivity index (χ0n) is 12.9. The van der Waals surface area contributed by atoms with E-state index in [1.165, 1.54) is 18.1 Å². The molecule has 0 bridgehead atoms. The Morgan fingerprint density at radius 3 is 2.60 bits per heavy atom. The SMILES string of the molecule is C=CC(C)(CCC=C(C)CCC=C1COC1)OC(C)=O. The average Bonchev–Trinajstić information content (AvgIpc) is 2.31. The van der Waals surface area contributed by atoms with Crippen molar-refractivity contribution in [3.05, 3.63) is 36.0 Å². The molecule has 0 aromatic rings. The van der Waals surface area contributed by atoms with E-state index in [1.54, 1.807) is 6.08 Å². The molecule has 1 unspecified atom stereocenters. The van der Waals surface area contributed by atoms with Crippen molar-refractivity contribution in [1.29, 1.82) is 0 Å². The van der Waals surface area contributed by atoms with Crippen LogP contribution in [0.4, 0.5) is 0 Å². The topological polar surface area (TPSA) is 35.5 Å². The highest BCUT2D eigenvalue weighted by Gasteiger charge is 2.22. The summed E-state index contributed by atoms with van der Waals surface area (Å²) in [5, 5.41) is 0. The number of ether oxygens (including phenoxy) is 2. The van der Waals surface area contributed by atoms with Gasteiger partial charge in [0.1, 0.15) is 5.60 Å². The third-order valence-corrected chi connectivity index (χ3v) is 3.49. The molecule has 0 aromatic heterocycles. The van der Waals surface area contributed by atoms with Crippen molar-refractivity contribution >= 4 is 5.97 Å². The van der Waals surface area contributed by atoms with E-state index in [-0.39, 0.29) is 5.97 Å². The van der Waals surface area contributed by atoms with Crippen LogP contribution >= 0.6 is 0 Å². The van der Waals surface area contributed by atoms with E-state index >= 15 is 0 Å². The van der Waals surface area contributed by atoms with E-state index in [0.717, 1.165) is 38.9 Å². The first-order valence-electron chi connectivity index (χ1n) is 7.19. The van der Waals surface area contributed by atoms with Crippen LogP contribution in [0.25, 0.3) is 0 Å². The molecule has 0 N–H and O–H groups in total. The molecule has 0 aromatic carbocycles. The minimum Gasteiger partial charge on any atom is -0.455 e. The summed E-state index contributed by atoms with van der Waals surface area (Å²) in [5.41, 5.74) is 2.22. The third kappa shape index (κ3) is 6.20. The highest BCUT2D eigenvalue weighted by molar-refractivity contribution is 5.66. The normalized spacial score (nSPS) is 17.9. The quantitative estimate of drug-likeness (QED) is 0.498. The Morgan fingerprint density at radius 1 is 1.40 bits per heavy atom. The lowest BCUT2D eigenvalue weighted by atomic mass is 9.98. The van der Waals surface area contributed by atoms with Gasteiger partial charge in [-0.2, -0.15) is 0 Å². The second kappa shape index (κ2) is 8.05. The molecule has 1 fully saturated rings. The smallest absolute Gasteiger partial charge is 0.303 e. The summed E-state index contributed by atoms with van der Waals surface area (Å²) in [6.07, 6.45) is 10.0. The molecule has 0 spiro atoms. The first kappa shape index (κ1) is 16.7. The predicted molar refractivity (Wildman–Crippen MR) is 81.5 cm³/mol. The van der Waals surface area contributed by atoms with E-state index in [1.807, 2.05) is 6.92 Å². The lowest BCUT2D eigenvalue weighted by Crippen LogP contribution is -2.27. The van der Waals surface area contributed by atoms with Crippen molar-refractivity contribution in [2.75, 3.05) is 13.2 Å². The number of esters is 1. The lowest BCUT2D eigenvalue weighted by Gasteiger charge is -2.24. The van der Waals surface area contributed by atoms with Crippen LogP contribution in [0, 0.1) is 0 Å². The Morgan fingerprint density at radius 2 is 2.10 bits per heavy atom. The number of allylic oxidation sites excluding steroid dienone is 3. The number of hydrogen-bond acceptors (Lipinski definition) is 3. The van der Waals surface area contributed by atoms with Crippen molar-refractivity contribution in [1.82, 2.24) is 0 Å². The fourth-order valence-corrected chi connectivity index (χ4v) is 2.07. The molecule has 1 aliphatic heterocycles. The second-order valence-electron chi connectivity index (χ2n) is 5.59. The third-order valence-electron chi connectivity index (χ3n) is 3.49. The fraction of sp³-hybridized carbons (Fsp3) is 0.588. The molecule has 0 aliphatic carbocycles. The van der Waals surface area contributed by atoms with Crippen LogP contribution in [-0.4, -0.2) is 24.8 Å². The first-order valence-corrected chi connectivity index (χ1v) is 7.19. The van der Waals surface area contributed by atoms with Gasteiger partial charge in [0, 0.05) is 6.92 Å². The summed E-state index contributed by atoms with van der Waals surface area (Å²) in [6.45, 7) is 10.8.